The van der Waals surface area contributed by atoms with Crippen LogP contribution in [0.5, 0.6) is 0 Å². The Labute approximate surface area is 117 Å². The first-order valence-electron chi connectivity index (χ1n) is 6.46. The van der Waals surface area contributed by atoms with Gasteiger partial charge < -0.3 is 5.32 Å². The van der Waals surface area contributed by atoms with Gasteiger partial charge >= 0.3 is 0 Å². The monoisotopic (exact) mass is 310 g/mol. The maximum atomic E-state index is 12.1. The molecule has 3 nitrogen and oxygen atoms in total. The van der Waals surface area contributed by atoms with Gasteiger partial charge in [-0.3, -0.25) is 9.78 Å². The van der Waals surface area contributed by atoms with Crippen LogP contribution < -0.4 is 5.32 Å². The van der Waals surface area contributed by atoms with Crippen LogP contribution in [0.2, 0.25) is 0 Å². The second-order valence-corrected chi connectivity index (χ2v) is 6.40. The molecule has 1 amide bonds. The van der Waals surface area contributed by atoms with E-state index >= 15 is 0 Å². The highest BCUT2D eigenvalue weighted by atomic mass is 79.9. The molecule has 1 saturated carbocycles. The number of hydrogen-bond acceptors (Lipinski definition) is 2. The highest BCUT2D eigenvalue weighted by molar-refractivity contribution is 9.10. The zero-order valence-corrected chi connectivity index (χ0v) is 12.4. The molecule has 18 heavy (non-hydrogen) atoms. The minimum Gasteiger partial charge on any atom is -0.349 e. The predicted molar refractivity (Wildman–Crippen MR) is 75.4 cm³/mol. The van der Waals surface area contributed by atoms with Crippen LogP contribution in [0.25, 0.3) is 0 Å². The lowest BCUT2D eigenvalue weighted by atomic mass is 9.80. The van der Waals surface area contributed by atoms with Crippen molar-refractivity contribution in [2.75, 3.05) is 0 Å². The first-order chi connectivity index (χ1) is 8.54. The molecule has 0 radical (unpaired) electrons. The van der Waals surface area contributed by atoms with Crippen LogP contribution in [0.15, 0.2) is 22.9 Å². The Kier molecular flexibility index (Phi) is 4.38. The molecule has 2 rings (SSSR count). The van der Waals surface area contributed by atoms with E-state index in [4.69, 9.17) is 0 Å². The van der Waals surface area contributed by atoms with Gasteiger partial charge in [0.05, 0.1) is 5.56 Å². The second kappa shape index (κ2) is 5.83. The first-order valence-corrected chi connectivity index (χ1v) is 7.25. The number of carbonyl (C=O) groups excluding carboxylic acids is 1. The van der Waals surface area contributed by atoms with E-state index in [-0.39, 0.29) is 5.91 Å². The minimum absolute atomic E-state index is 0.0184. The Morgan fingerprint density at radius 1 is 1.28 bits per heavy atom. The SMILES string of the molecule is CC1CC(C)CC(NC(=O)c2cncc(Br)c2)C1. The van der Waals surface area contributed by atoms with Gasteiger partial charge in [-0.25, -0.2) is 0 Å². The highest BCUT2D eigenvalue weighted by Crippen LogP contribution is 2.28. The second-order valence-electron chi connectivity index (χ2n) is 5.48. The number of pyridine rings is 1. The zero-order valence-electron chi connectivity index (χ0n) is 10.8. The Balaban J connectivity index is 1.99. The van der Waals surface area contributed by atoms with Crippen molar-refractivity contribution in [1.29, 1.82) is 0 Å². The fourth-order valence-electron chi connectivity index (χ4n) is 2.87. The number of hydrogen-bond donors (Lipinski definition) is 1. The lowest BCUT2D eigenvalue weighted by Gasteiger charge is -2.31. The summed E-state index contributed by atoms with van der Waals surface area (Å²) in [5, 5.41) is 3.12. The normalized spacial score (nSPS) is 27.8. The van der Waals surface area contributed by atoms with Crippen molar-refractivity contribution in [3.8, 4) is 0 Å². The average Bonchev–Trinajstić information content (AvgIpc) is 2.27. The van der Waals surface area contributed by atoms with Crippen LogP contribution in [0.1, 0.15) is 43.5 Å². The van der Waals surface area contributed by atoms with Gasteiger partial charge in [0.25, 0.3) is 5.91 Å². The summed E-state index contributed by atoms with van der Waals surface area (Å²) in [6, 6.07) is 2.10. The Bertz CT molecular complexity index is 426. The van der Waals surface area contributed by atoms with E-state index in [9.17, 15) is 4.79 Å². The third-order valence-corrected chi connectivity index (χ3v) is 3.91. The van der Waals surface area contributed by atoms with Crippen molar-refractivity contribution < 1.29 is 4.79 Å². The summed E-state index contributed by atoms with van der Waals surface area (Å²) >= 11 is 3.33. The summed E-state index contributed by atoms with van der Waals surface area (Å²) in [4.78, 5) is 16.1. The van der Waals surface area contributed by atoms with Gasteiger partial charge in [0.1, 0.15) is 0 Å². The van der Waals surface area contributed by atoms with Gasteiger partial charge in [0.15, 0.2) is 0 Å². The van der Waals surface area contributed by atoms with Crippen molar-refractivity contribution in [2.45, 2.75) is 39.2 Å². The van der Waals surface area contributed by atoms with Gasteiger partial charge in [-0.1, -0.05) is 13.8 Å². The van der Waals surface area contributed by atoms with Gasteiger partial charge in [0.2, 0.25) is 0 Å². The number of aromatic nitrogens is 1. The maximum Gasteiger partial charge on any atom is 0.253 e. The van der Waals surface area contributed by atoms with E-state index in [1.54, 1.807) is 18.5 Å². The van der Waals surface area contributed by atoms with Crippen LogP contribution in [0.4, 0.5) is 0 Å². The molecule has 0 spiro atoms. The summed E-state index contributed by atoms with van der Waals surface area (Å²) in [5.41, 5.74) is 0.621. The molecule has 1 aromatic heterocycles. The first kappa shape index (κ1) is 13.5. The number of nitrogens with one attached hydrogen (secondary N) is 1. The van der Waals surface area contributed by atoms with Crippen LogP contribution in [-0.2, 0) is 0 Å². The number of halogens is 1. The standard InChI is InChI=1S/C14H19BrN2O/c1-9-3-10(2)5-13(4-9)17-14(18)11-6-12(15)8-16-7-11/h6-10,13H,3-5H2,1-2H3,(H,17,18). The number of carbonyl (C=O) groups is 1. The molecule has 98 valence electrons. The molecule has 1 aromatic rings. The molecule has 2 unspecified atom stereocenters. The van der Waals surface area contributed by atoms with E-state index in [1.807, 2.05) is 0 Å². The summed E-state index contributed by atoms with van der Waals surface area (Å²) < 4.78 is 0.834. The Hall–Kier alpha value is -0.900. The molecular formula is C14H19BrN2O. The lowest BCUT2D eigenvalue weighted by molar-refractivity contribution is 0.0911. The average molecular weight is 311 g/mol. The third-order valence-electron chi connectivity index (χ3n) is 3.48. The Morgan fingerprint density at radius 2 is 1.94 bits per heavy atom. The largest absolute Gasteiger partial charge is 0.349 e. The molecule has 2 atom stereocenters. The van der Waals surface area contributed by atoms with Gasteiger partial charge in [-0.05, 0) is 53.1 Å². The van der Waals surface area contributed by atoms with Gasteiger partial charge in [0, 0.05) is 22.9 Å². The van der Waals surface area contributed by atoms with E-state index in [0.29, 0.717) is 23.4 Å². The van der Waals surface area contributed by atoms with Crippen molar-refractivity contribution in [1.82, 2.24) is 10.3 Å². The van der Waals surface area contributed by atoms with Crippen LogP contribution in [0.3, 0.4) is 0 Å². The predicted octanol–water partition coefficient (Wildman–Crippen LogP) is 3.40. The van der Waals surface area contributed by atoms with E-state index in [2.05, 4.69) is 40.1 Å². The lowest BCUT2D eigenvalue weighted by Crippen LogP contribution is -2.40. The molecule has 0 bridgehead atoms. The molecule has 1 fully saturated rings. The van der Waals surface area contributed by atoms with Crippen molar-refractivity contribution in [3.63, 3.8) is 0 Å². The quantitative estimate of drug-likeness (QED) is 0.909. The van der Waals surface area contributed by atoms with Crippen LogP contribution in [0, 0.1) is 11.8 Å². The third kappa shape index (κ3) is 3.55. The fourth-order valence-corrected chi connectivity index (χ4v) is 3.23. The summed E-state index contributed by atoms with van der Waals surface area (Å²) in [6.07, 6.45) is 6.72. The molecule has 1 heterocycles. The van der Waals surface area contributed by atoms with Crippen LogP contribution >= 0.6 is 15.9 Å². The van der Waals surface area contributed by atoms with Gasteiger partial charge in [-0.2, -0.15) is 0 Å². The zero-order chi connectivity index (χ0) is 13.1. The van der Waals surface area contributed by atoms with Crippen molar-refractivity contribution in [3.05, 3.63) is 28.5 Å². The van der Waals surface area contributed by atoms with Crippen LogP contribution in [-0.4, -0.2) is 16.9 Å². The number of nitrogens with zero attached hydrogens (tertiary/aromatic N) is 1. The smallest absolute Gasteiger partial charge is 0.253 e. The minimum atomic E-state index is -0.0184. The molecule has 0 aliphatic heterocycles. The van der Waals surface area contributed by atoms with Crippen molar-refractivity contribution >= 4 is 21.8 Å². The molecule has 4 heteroatoms. The molecule has 0 aromatic carbocycles. The van der Waals surface area contributed by atoms with E-state index in [1.165, 1.54) is 6.42 Å². The topological polar surface area (TPSA) is 42.0 Å². The number of rotatable bonds is 2. The molecule has 1 aliphatic rings. The van der Waals surface area contributed by atoms with Crippen molar-refractivity contribution in [2.24, 2.45) is 11.8 Å². The highest BCUT2D eigenvalue weighted by Gasteiger charge is 2.25. The summed E-state index contributed by atoms with van der Waals surface area (Å²) in [6.45, 7) is 4.52. The van der Waals surface area contributed by atoms with E-state index < -0.39 is 0 Å². The molecule has 1 aliphatic carbocycles. The summed E-state index contributed by atoms with van der Waals surface area (Å²) in [5.74, 6) is 1.37. The molecule has 0 saturated heterocycles. The molecular weight excluding hydrogens is 292 g/mol. The molecule has 1 N–H and O–H groups in total. The van der Waals surface area contributed by atoms with E-state index in [0.717, 1.165) is 17.3 Å². The fraction of sp³-hybridized carbons (Fsp3) is 0.571. The number of amides is 1. The Morgan fingerprint density at radius 3 is 2.56 bits per heavy atom. The maximum absolute atomic E-state index is 12.1. The van der Waals surface area contributed by atoms with Gasteiger partial charge in [-0.15, -0.1) is 0 Å². The summed E-state index contributed by atoms with van der Waals surface area (Å²) in [7, 11) is 0.